The van der Waals surface area contributed by atoms with Crippen molar-refractivity contribution in [2.24, 2.45) is 0 Å². The Hall–Kier alpha value is -3.58. The van der Waals surface area contributed by atoms with Crippen LogP contribution in [0.15, 0.2) is 40.2 Å². The van der Waals surface area contributed by atoms with Crippen LogP contribution in [-0.4, -0.2) is 19.7 Å². The van der Waals surface area contributed by atoms with E-state index >= 15 is 0 Å². The summed E-state index contributed by atoms with van der Waals surface area (Å²) in [6, 6.07) is 6.92. The van der Waals surface area contributed by atoms with Crippen LogP contribution >= 0.6 is 9.24 Å². The Kier molecular flexibility index (Phi) is 6.41. The van der Waals surface area contributed by atoms with E-state index in [2.05, 4.69) is 15.2 Å². The summed E-state index contributed by atoms with van der Waals surface area (Å²) in [6.45, 7) is 1.08. The van der Waals surface area contributed by atoms with Crippen molar-refractivity contribution in [2.45, 2.75) is 25.6 Å². The van der Waals surface area contributed by atoms with E-state index < -0.39 is 41.2 Å². The second-order valence-corrected chi connectivity index (χ2v) is 7.24. The first kappa shape index (κ1) is 23.1. The molecule has 166 valence electrons. The van der Waals surface area contributed by atoms with Crippen LogP contribution in [0.5, 0.6) is 11.5 Å². The van der Waals surface area contributed by atoms with Crippen LogP contribution in [0.2, 0.25) is 0 Å². The molecule has 13 heteroatoms. The average molecular weight is 467 g/mol. The van der Waals surface area contributed by atoms with E-state index in [1.807, 2.05) is 15.3 Å². The number of nitrogens with zero attached hydrogens (tertiary/aromatic N) is 4. The van der Waals surface area contributed by atoms with Crippen LogP contribution in [0.3, 0.4) is 0 Å². The number of aromatic nitrogens is 4. The second-order valence-electron chi connectivity index (χ2n) is 6.65. The van der Waals surface area contributed by atoms with Gasteiger partial charge < -0.3 is 4.74 Å². The summed E-state index contributed by atoms with van der Waals surface area (Å²) in [7, 11) is 1.83. The van der Waals surface area contributed by atoms with Crippen molar-refractivity contribution in [2.75, 3.05) is 0 Å². The van der Waals surface area contributed by atoms with Crippen LogP contribution in [0.25, 0.3) is 0 Å². The fourth-order valence-corrected chi connectivity index (χ4v) is 2.94. The number of hydrogen-bond donors (Lipinski definition) is 1. The van der Waals surface area contributed by atoms with Crippen molar-refractivity contribution in [3.05, 3.63) is 79.4 Å². The van der Waals surface area contributed by atoms with E-state index in [0.29, 0.717) is 11.9 Å². The van der Waals surface area contributed by atoms with Crippen molar-refractivity contribution < 1.29 is 22.3 Å². The Labute approximate surface area is 179 Å². The maximum Gasteiger partial charge on any atom is 0.437 e. The van der Waals surface area contributed by atoms with Gasteiger partial charge in [0.1, 0.15) is 5.75 Å². The first-order valence-corrected chi connectivity index (χ1v) is 9.50. The molecule has 3 aromatic rings. The van der Waals surface area contributed by atoms with E-state index in [0.717, 1.165) is 10.6 Å². The van der Waals surface area contributed by atoms with Gasteiger partial charge in [0.25, 0.3) is 11.1 Å². The highest BCUT2D eigenvalue weighted by Gasteiger charge is 2.38. The molecule has 0 saturated heterocycles. The average Bonchev–Trinajstić information content (AvgIpc) is 2.70. The van der Waals surface area contributed by atoms with Crippen LogP contribution in [-0.2, 0) is 12.7 Å². The third-order valence-corrected chi connectivity index (χ3v) is 4.53. The first-order chi connectivity index (χ1) is 15.0. The number of rotatable bonds is 5. The molecule has 0 bridgehead atoms. The fourth-order valence-electron chi connectivity index (χ4n) is 2.77. The number of aromatic amines is 1. The molecule has 2 heterocycles. The maximum absolute atomic E-state index is 13.5. The Morgan fingerprint density at radius 3 is 2.62 bits per heavy atom. The van der Waals surface area contributed by atoms with Crippen molar-refractivity contribution >= 4 is 9.24 Å². The Morgan fingerprint density at radius 1 is 1.28 bits per heavy atom. The number of aryl methyl sites for hydroxylation is 1. The van der Waals surface area contributed by atoms with Gasteiger partial charge in [-0.3, -0.25) is 14.2 Å². The number of benzene rings is 1. The summed E-state index contributed by atoms with van der Waals surface area (Å²) >= 11 is 0. The van der Waals surface area contributed by atoms with Gasteiger partial charge >= 0.3 is 6.18 Å². The zero-order valence-electron chi connectivity index (χ0n) is 16.3. The van der Waals surface area contributed by atoms with Gasteiger partial charge in [-0.25, -0.2) is 14.5 Å². The molecular weight excluding hydrogens is 453 g/mol. The van der Waals surface area contributed by atoms with Crippen LogP contribution in [0.1, 0.15) is 34.0 Å². The quantitative estimate of drug-likeness (QED) is 0.456. The summed E-state index contributed by atoms with van der Waals surface area (Å²) in [6.07, 6.45) is -4.40. The molecule has 2 atom stereocenters. The molecule has 8 nitrogen and oxygen atoms in total. The summed E-state index contributed by atoms with van der Waals surface area (Å²) < 4.78 is 59.8. The molecule has 0 amide bonds. The number of halogens is 4. The van der Waals surface area contributed by atoms with Gasteiger partial charge in [0, 0.05) is 5.56 Å². The number of nitriles is 1. The SMILES string of the molecule is Cc1cc(C#N)cc(Oc2c(C(F)(F)F)ncn(Cc3cc(C(F)P)n[nH]c3=O)c2=O)c1. The lowest BCUT2D eigenvalue weighted by atomic mass is 10.1. The number of H-pyrrole nitrogens is 1. The van der Waals surface area contributed by atoms with Crippen LogP contribution < -0.4 is 15.9 Å². The van der Waals surface area contributed by atoms with Crippen molar-refractivity contribution in [1.82, 2.24) is 19.7 Å². The van der Waals surface area contributed by atoms with Gasteiger partial charge in [0.2, 0.25) is 5.75 Å². The zero-order chi connectivity index (χ0) is 23.6. The molecule has 1 N–H and O–H groups in total. The van der Waals surface area contributed by atoms with E-state index in [-0.39, 0.29) is 22.6 Å². The van der Waals surface area contributed by atoms with Gasteiger partial charge in [0.15, 0.2) is 11.6 Å². The number of alkyl halides is 4. The number of hydrogen-bond acceptors (Lipinski definition) is 6. The Balaban J connectivity index is 2.11. The zero-order valence-corrected chi connectivity index (χ0v) is 17.4. The molecule has 1 aromatic carbocycles. The predicted molar refractivity (Wildman–Crippen MR) is 107 cm³/mol. The maximum atomic E-state index is 13.5. The standard InChI is InChI=1S/C19H14F4N5O3P/c1-9-2-10(6-24)4-12(3-9)31-14-15(19(21,22)23)25-8-28(18(14)30)7-11-5-13(16(20)32)26-27-17(11)29/h2-5,8,16H,7,32H2,1H3,(H,27,29). The van der Waals surface area contributed by atoms with Gasteiger partial charge in [-0.15, -0.1) is 0 Å². The van der Waals surface area contributed by atoms with Gasteiger partial charge in [-0.2, -0.15) is 23.5 Å². The molecule has 0 aliphatic rings. The topological polar surface area (TPSA) is 114 Å². The molecule has 0 fully saturated rings. The molecule has 0 radical (unpaired) electrons. The van der Waals surface area contributed by atoms with Gasteiger partial charge in [0.05, 0.1) is 30.2 Å². The predicted octanol–water partition coefficient (Wildman–Crippen LogP) is 3.21. The second kappa shape index (κ2) is 8.88. The third-order valence-electron chi connectivity index (χ3n) is 4.19. The highest BCUT2D eigenvalue weighted by atomic mass is 31.0. The Morgan fingerprint density at radius 2 is 2.00 bits per heavy atom. The molecular formula is C19H14F4N5O3P. The normalized spacial score (nSPS) is 12.3. The van der Waals surface area contributed by atoms with Crippen molar-refractivity contribution in [3.63, 3.8) is 0 Å². The molecule has 2 aromatic heterocycles. The molecule has 2 unspecified atom stereocenters. The van der Waals surface area contributed by atoms with E-state index in [9.17, 15) is 27.2 Å². The summed E-state index contributed by atoms with van der Waals surface area (Å²) in [5.41, 5.74) is -3.21. The smallest absolute Gasteiger partial charge is 0.437 e. The van der Waals surface area contributed by atoms with E-state index in [4.69, 9.17) is 10.00 Å². The monoisotopic (exact) mass is 467 g/mol. The molecule has 0 spiro atoms. The lowest BCUT2D eigenvalue weighted by molar-refractivity contribution is -0.142. The number of nitrogens with one attached hydrogen (secondary N) is 1. The van der Waals surface area contributed by atoms with E-state index in [1.54, 1.807) is 6.92 Å². The Bertz CT molecular complexity index is 1330. The van der Waals surface area contributed by atoms with Crippen LogP contribution in [0, 0.1) is 18.3 Å². The third kappa shape index (κ3) is 5.00. The minimum absolute atomic E-state index is 0.117. The van der Waals surface area contributed by atoms with Crippen LogP contribution in [0.4, 0.5) is 17.6 Å². The van der Waals surface area contributed by atoms with E-state index in [1.165, 1.54) is 18.2 Å². The fraction of sp³-hybridized carbons (Fsp3) is 0.211. The van der Waals surface area contributed by atoms with Crippen molar-refractivity contribution in [3.8, 4) is 17.6 Å². The highest BCUT2D eigenvalue weighted by molar-refractivity contribution is 7.16. The number of ether oxygens (including phenoxy) is 1. The molecule has 0 saturated carbocycles. The highest BCUT2D eigenvalue weighted by Crippen LogP contribution is 2.34. The first-order valence-electron chi connectivity index (χ1n) is 8.84. The van der Waals surface area contributed by atoms with Gasteiger partial charge in [-0.05, 0) is 36.8 Å². The minimum atomic E-state index is -5.02. The lowest BCUT2D eigenvalue weighted by Crippen LogP contribution is -2.29. The summed E-state index contributed by atoms with van der Waals surface area (Å²) in [5.74, 6) is -2.91. The van der Waals surface area contributed by atoms with Gasteiger partial charge in [-0.1, -0.05) is 9.24 Å². The molecule has 0 aliphatic heterocycles. The molecule has 32 heavy (non-hydrogen) atoms. The largest absolute Gasteiger partial charge is 0.449 e. The minimum Gasteiger partial charge on any atom is -0.449 e. The molecule has 3 rings (SSSR count). The lowest BCUT2D eigenvalue weighted by Gasteiger charge is -2.15. The van der Waals surface area contributed by atoms with Crippen molar-refractivity contribution in [1.29, 1.82) is 5.26 Å². The summed E-state index contributed by atoms with van der Waals surface area (Å²) in [5, 5.41) is 14.6. The molecule has 0 aliphatic carbocycles. The summed E-state index contributed by atoms with van der Waals surface area (Å²) in [4.78, 5) is 28.1.